The molecule has 0 atom stereocenters. The second-order valence-electron chi connectivity index (χ2n) is 9.14. The first-order valence-corrected chi connectivity index (χ1v) is 12.1. The average molecular weight is 463 g/mol. The monoisotopic (exact) mass is 462 g/mol. The Labute approximate surface area is 206 Å². The SMILES string of the molecule is N=C(N)c1ccc(CCC(=O)N2CCCc3cc(NCc4ccc5ccccc5c4)ccc32)cc1. The zero-order valence-corrected chi connectivity index (χ0v) is 19.8. The van der Waals surface area contributed by atoms with Gasteiger partial charge in [0.15, 0.2) is 0 Å². The number of amides is 1. The molecule has 4 aromatic carbocycles. The van der Waals surface area contributed by atoms with E-state index in [2.05, 4.69) is 66.0 Å². The van der Waals surface area contributed by atoms with Gasteiger partial charge in [0.25, 0.3) is 0 Å². The lowest BCUT2D eigenvalue weighted by atomic mass is 9.99. The van der Waals surface area contributed by atoms with Crippen molar-refractivity contribution in [1.29, 1.82) is 5.41 Å². The predicted octanol–water partition coefficient (Wildman–Crippen LogP) is 5.65. The first-order valence-electron chi connectivity index (χ1n) is 12.1. The molecule has 1 aliphatic heterocycles. The van der Waals surface area contributed by atoms with E-state index in [1.165, 1.54) is 21.9 Å². The summed E-state index contributed by atoms with van der Waals surface area (Å²) in [6.07, 6.45) is 3.09. The summed E-state index contributed by atoms with van der Waals surface area (Å²) >= 11 is 0. The van der Waals surface area contributed by atoms with Crippen molar-refractivity contribution in [3.8, 4) is 0 Å². The fourth-order valence-electron chi connectivity index (χ4n) is 4.76. The Morgan fingerprint density at radius 2 is 1.69 bits per heavy atom. The molecule has 0 aliphatic carbocycles. The fourth-order valence-corrected chi connectivity index (χ4v) is 4.76. The highest BCUT2D eigenvalue weighted by atomic mass is 16.2. The third kappa shape index (κ3) is 5.19. The van der Waals surface area contributed by atoms with E-state index in [9.17, 15) is 4.79 Å². The Kier molecular flexibility index (Phi) is 6.49. The van der Waals surface area contributed by atoms with Gasteiger partial charge in [-0.2, -0.15) is 0 Å². The normalized spacial score (nSPS) is 12.9. The number of amidine groups is 1. The summed E-state index contributed by atoms with van der Waals surface area (Å²) < 4.78 is 0. The van der Waals surface area contributed by atoms with Gasteiger partial charge in [0, 0.05) is 36.4 Å². The van der Waals surface area contributed by atoms with Gasteiger partial charge in [-0.05, 0) is 71.0 Å². The molecule has 176 valence electrons. The summed E-state index contributed by atoms with van der Waals surface area (Å²) in [6, 6.07) is 28.9. The second-order valence-corrected chi connectivity index (χ2v) is 9.14. The number of fused-ring (bicyclic) bond motifs is 2. The molecule has 4 aromatic rings. The van der Waals surface area contributed by atoms with E-state index in [0.29, 0.717) is 18.4 Å². The number of nitrogens with zero attached hydrogens (tertiary/aromatic N) is 1. The van der Waals surface area contributed by atoms with Crippen LogP contribution in [0.25, 0.3) is 10.8 Å². The predicted molar refractivity (Wildman–Crippen MR) is 144 cm³/mol. The fraction of sp³-hybridized carbons (Fsp3) is 0.200. The number of nitrogens with two attached hydrogens (primary N) is 1. The van der Waals surface area contributed by atoms with Gasteiger partial charge in [0.2, 0.25) is 5.91 Å². The van der Waals surface area contributed by atoms with Crippen LogP contribution in [-0.4, -0.2) is 18.3 Å². The Morgan fingerprint density at radius 3 is 2.49 bits per heavy atom. The molecular formula is C30H30N4O. The molecule has 5 rings (SSSR count). The quantitative estimate of drug-likeness (QED) is 0.245. The molecule has 0 saturated heterocycles. The minimum atomic E-state index is 0.0590. The lowest BCUT2D eigenvalue weighted by Crippen LogP contribution is -2.35. The van der Waals surface area contributed by atoms with Gasteiger partial charge in [-0.3, -0.25) is 10.2 Å². The van der Waals surface area contributed by atoms with Crippen LogP contribution in [0.4, 0.5) is 11.4 Å². The third-order valence-electron chi connectivity index (χ3n) is 6.70. The summed E-state index contributed by atoms with van der Waals surface area (Å²) in [5, 5.41) is 13.6. The maximum atomic E-state index is 13.1. The molecule has 1 amide bonds. The number of hydrogen-bond acceptors (Lipinski definition) is 3. The second kappa shape index (κ2) is 10.0. The van der Waals surface area contributed by atoms with E-state index < -0.39 is 0 Å². The van der Waals surface area contributed by atoms with Gasteiger partial charge in [-0.25, -0.2) is 0 Å². The number of nitrogen functional groups attached to an aromatic ring is 1. The average Bonchev–Trinajstić information content (AvgIpc) is 2.90. The van der Waals surface area contributed by atoms with Crippen molar-refractivity contribution in [2.24, 2.45) is 5.73 Å². The van der Waals surface area contributed by atoms with Crippen LogP contribution in [0.15, 0.2) is 84.9 Å². The highest BCUT2D eigenvalue weighted by Gasteiger charge is 2.22. The topological polar surface area (TPSA) is 82.2 Å². The maximum absolute atomic E-state index is 13.1. The van der Waals surface area contributed by atoms with Crippen molar-refractivity contribution >= 4 is 33.9 Å². The summed E-state index contributed by atoms with van der Waals surface area (Å²) in [7, 11) is 0. The summed E-state index contributed by atoms with van der Waals surface area (Å²) in [5.41, 5.74) is 11.9. The van der Waals surface area contributed by atoms with Crippen LogP contribution in [0.5, 0.6) is 0 Å². The summed E-state index contributed by atoms with van der Waals surface area (Å²) in [4.78, 5) is 15.0. The van der Waals surface area contributed by atoms with Crippen LogP contribution >= 0.6 is 0 Å². The van der Waals surface area contributed by atoms with E-state index in [1.54, 1.807) is 0 Å². The zero-order chi connectivity index (χ0) is 24.2. The molecule has 0 fully saturated rings. The van der Waals surface area contributed by atoms with Gasteiger partial charge in [0.05, 0.1) is 0 Å². The minimum absolute atomic E-state index is 0.0590. The number of aryl methyl sites for hydroxylation is 2. The summed E-state index contributed by atoms with van der Waals surface area (Å²) in [6.45, 7) is 1.52. The number of nitrogens with one attached hydrogen (secondary N) is 2. The van der Waals surface area contributed by atoms with Crippen LogP contribution in [0.2, 0.25) is 0 Å². The van der Waals surface area contributed by atoms with Crippen LogP contribution in [0.1, 0.15) is 35.1 Å². The Morgan fingerprint density at radius 1 is 0.914 bits per heavy atom. The number of benzene rings is 4. The van der Waals surface area contributed by atoms with E-state index in [0.717, 1.165) is 42.9 Å². The Hall–Kier alpha value is -4.12. The van der Waals surface area contributed by atoms with Gasteiger partial charge in [-0.15, -0.1) is 0 Å². The summed E-state index contributed by atoms with van der Waals surface area (Å²) in [5.74, 6) is 0.210. The van der Waals surface area contributed by atoms with Gasteiger partial charge in [0.1, 0.15) is 5.84 Å². The van der Waals surface area contributed by atoms with Crippen LogP contribution in [0, 0.1) is 5.41 Å². The molecule has 1 aliphatic rings. The zero-order valence-electron chi connectivity index (χ0n) is 19.8. The molecule has 0 spiro atoms. The smallest absolute Gasteiger partial charge is 0.227 e. The number of carbonyl (C=O) groups is 1. The highest BCUT2D eigenvalue weighted by Crippen LogP contribution is 2.30. The molecule has 5 heteroatoms. The third-order valence-corrected chi connectivity index (χ3v) is 6.70. The lowest BCUT2D eigenvalue weighted by molar-refractivity contribution is -0.118. The van der Waals surface area contributed by atoms with Crippen LogP contribution < -0.4 is 16.0 Å². The van der Waals surface area contributed by atoms with E-state index in [-0.39, 0.29) is 11.7 Å². The van der Waals surface area contributed by atoms with E-state index in [4.69, 9.17) is 11.1 Å². The van der Waals surface area contributed by atoms with Crippen LogP contribution in [-0.2, 0) is 24.2 Å². The Bertz CT molecular complexity index is 1380. The molecule has 1 heterocycles. The molecule has 0 aromatic heterocycles. The van der Waals surface area contributed by atoms with Crippen molar-refractivity contribution in [2.45, 2.75) is 32.2 Å². The van der Waals surface area contributed by atoms with E-state index >= 15 is 0 Å². The molecule has 0 bridgehead atoms. The largest absolute Gasteiger partial charge is 0.384 e. The molecule has 0 radical (unpaired) electrons. The van der Waals surface area contributed by atoms with Crippen molar-refractivity contribution in [2.75, 3.05) is 16.8 Å². The molecule has 0 unspecified atom stereocenters. The molecule has 4 N–H and O–H groups in total. The molecular weight excluding hydrogens is 432 g/mol. The number of hydrogen-bond donors (Lipinski definition) is 3. The van der Waals surface area contributed by atoms with Crippen molar-refractivity contribution in [3.63, 3.8) is 0 Å². The van der Waals surface area contributed by atoms with Crippen molar-refractivity contribution in [3.05, 3.63) is 107 Å². The number of carbonyl (C=O) groups excluding carboxylic acids is 1. The first kappa shape index (κ1) is 22.7. The highest BCUT2D eigenvalue weighted by molar-refractivity contribution is 5.96. The Balaban J connectivity index is 1.22. The first-order chi connectivity index (χ1) is 17.1. The minimum Gasteiger partial charge on any atom is -0.384 e. The maximum Gasteiger partial charge on any atom is 0.227 e. The molecule has 5 nitrogen and oxygen atoms in total. The van der Waals surface area contributed by atoms with Crippen LogP contribution in [0.3, 0.4) is 0 Å². The van der Waals surface area contributed by atoms with Gasteiger partial charge < -0.3 is 16.0 Å². The standard InChI is InChI=1S/C30H30N4O/c31-30(32)24-12-7-21(8-13-24)10-16-29(35)34-17-3-6-26-19-27(14-15-28(26)34)33-20-22-9-11-23-4-1-2-5-25(23)18-22/h1-2,4-5,7-9,11-15,18-19,33H,3,6,10,16-17,20H2,(H3,31,32). The number of anilines is 2. The lowest BCUT2D eigenvalue weighted by Gasteiger charge is -2.30. The van der Waals surface area contributed by atoms with Gasteiger partial charge >= 0.3 is 0 Å². The number of rotatable bonds is 7. The van der Waals surface area contributed by atoms with Crippen molar-refractivity contribution in [1.82, 2.24) is 0 Å². The molecule has 35 heavy (non-hydrogen) atoms. The van der Waals surface area contributed by atoms with Crippen molar-refractivity contribution < 1.29 is 4.79 Å². The van der Waals surface area contributed by atoms with Gasteiger partial charge in [-0.1, -0.05) is 60.7 Å². The molecule has 0 saturated carbocycles. The van der Waals surface area contributed by atoms with E-state index in [1.807, 2.05) is 29.2 Å².